The Kier molecular flexibility index (Phi) is 7.18. The lowest BCUT2D eigenvalue weighted by atomic mass is 10.2. The number of ether oxygens (including phenoxy) is 2. The maximum absolute atomic E-state index is 13.1. The Bertz CT molecular complexity index is 1880. The number of halogens is 2. The smallest absolute Gasteiger partial charge is 0.349 e. The van der Waals surface area contributed by atoms with Gasteiger partial charge < -0.3 is 14.0 Å². The minimum atomic E-state index is -4.01. The third-order valence-corrected chi connectivity index (χ3v) is 8.64. The highest BCUT2D eigenvalue weighted by atomic mass is 35.5. The zero-order chi connectivity index (χ0) is 27.7. The van der Waals surface area contributed by atoms with Crippen LogP contribution in [0.4, 0.5) is 5.69 Å². The van der Waals surface area contributed by atoms with Crippen molar-refractivity contribution in [2.45, 2.75) is 4.21 Å². The maximum atomic E-state index is 13.1. The van der Waals surface area contributed by atoms with Crippen LogP contribution in [0.3, 0.4) is 0 Å². The molecule has 0 amide bonds. The predicted octanol–water partition coefficient (Wildman–Crippen LogP) is 4.55. The van der Waals surface area contributed by atoms with Crippen molar-refractivity contribution >= 4 is 50.2 Å². The van der Waals surface area contributed by atoms with Crippen LogP contribution in [0.2, 0.25) is 10.0 Å². The van der Waals surface area contributed by atoms with Crippen LogP contribution in [-0.4, -0.2) is 35.4 Å². The van der Waals surface area contributed by atoms with Gasteiger partial charge in [-0.1, -0.05) is 28.4 Å². The van der Waals surface area contributed by atoms with Crippen molar-refractivity contribution in [1.29, 1.82) is 0 Å². The SMILES string of the molecule is COc1ccc(Oc2c(Cl)cc(-n3ncc(=O)[nH]c3=O)cc2Cl)cc1NS(=O)(=O)c1ccc(-c2ccon2)s1. The molecular weight excluding hydrogens is 593 g/mol. The fourth-order valence-electron chi connectivity index (χ4n) is 3.39. The van der Waals surface area contributed by atoms with Gasteiger partial charge in [0.05, 0.1) is 33.4 Å². The van der Waals surface area contributed by atoms with Crippen molar-refractivity contribution in [3.05, 3.63) is 91.9 Å². The van der Waals surface area contributed by atoms with E-state index in [4.69, 9.17) is 37.2 Å². The van der Waals surface area contributed by atoms with E-state index in [0.29, 0.717) is 10.6 Å². The van der Waals surface area contributed by atoms with E-state index in [1.54, 1.807) is 12.1 Å². The molecule has 12 nitrogen and oxygen atoms in total. The normalized spacial score (nSPS) is 11.4. The van der Waals surface area contributed by atoms with Crippen molar-refractivity contribution in [1.82, 2.24) is 19.9 Å². The fraction of sp³-hybridized carbons (Fsp3) is 0.0435. The summed E-state index contributed by atoms with van der Waals surface area (Å²) in [5.74, 6) is 0.447. The molecule has 200 valence electrons. The number of nitrogens with one attached hydrogen (secondary N) is 2. The first-order valence-electron chi connectivity index (χ1n) is 10.7. The van der Waals surface area contributed by atoms with Crippen LogP contribution < -0.4 is 25.4 Å². The second-order valence-corrected chi connectivity index (χ2v) is 11.5. The number of hydrogen-bond acceptors (Lipinski definition) is 10. The molecule has 0 spiro atoms. The molecule has 0 radical (unpaired) electrons. The molecule has 16 heteroatoms. The molecule has 0 atom stereocenters. The monoisotopic (exact) mass is 607 g/mol. The number of thiophene rings is 1. The molecule has 3 aromatic heterocycles. The van der Waals surface area contributed by atoms with Crippen molar-refractivity contribution in [3.63, 3.8) is 0 Å². The summed E-state index contributed by atoms with van der Waals surface area (Å²) in [5.41, 5.74) is -0.652. The Labute approximate surface area is 233 Å². The van der Waals surface area contributed by atoms with Crippen LogP contribution in [0.5, 0.6) is 17.2 Å². The molecular formula is C23H15Cl2N5O7S2. The molecule has 0 saturated carbocycles. The van der Waals surface area contributed by atoms with Crippen molar-refractivity contribution in [3.8, 4) is 33.5 Å². The molecule has 0 aliphatic rings. The predicted molar refractivity (Wildman–Crippen MR) is 144 cm³/mol. The van der Waals surface area contributed by atoms with E-state index in [0.717, 1.165) is 22.2 Å². The number of benzene rings is 2. The van der Waals surface area contributed by atoms with E-state index in [1.165, 1.54) is 49.8 Å². The number of sulfonamides is 1. The molecule has 2 N–H and O–H groups in total. The first-order chi connectivity index (χ1) is 18.6. The molecule has 0 saturated heterocycles. The minimum Gasteiger partial charge on any atom is -0.495 e. The molecule has 39 heavy (non-hydrogen) atoms. The standard InChI is InChI=1S/C23H15Cl2N5O7S2/c1-35-18-3-2-13(10-17(18)29-39(33,34)21-5-4-19(38-21)16-6-7-36-28-16)37-22-14(24)8-12(9-15(22)25)30-23(32)27-20(31)11-26-30/h2-11,29H,1H3,(H,27,31,32). The summed E-state index contributed by atoms with van der Waals surface area (Å²) in [6.45, 7) is 0. The summed E-state index contributed by atoms with van der Waals surface area (Å²) < 4.78 is 45.7. The van der Waals surface area contributed by atoms with Crippen molar-refractivity contribution < 1.29 is 22.4 Å². The Hall–Kier alpha value is -4.11. The van der Waals surface area contributed by atoms with Gasteiger partial charge in [-0.05, 0) is 36.4 Å². The average molecular weight is 608 g/mol. The molecule has 0 aliphatic carbocycles. The summed E-state index contributed by atoms with van der Waals surface area (Å²) in [7, 11) is -2.62. The molecule has 5 rings (SSSR count). The van der Waals surface area contributed by atoms with Gasteiger partial charge in [0, 0.05) is 12.1 Å². The van der Waals surface area contributed by atoms with Gasteiger partial charge in [-0.2, -0.15) is 9.78 Å². The zero-order valence-corrected chi connectivity index (χ0v) is 22.7. The number of H-pyrrole nitrogens is 1. The summed E-state index contributed by atoms with van der Waals surface area (Å²) in [5, 5.41) is 7.63. The van der Waals surface area contributed by atoms with Crippen LogP contribution in [0.1, 0.15) is 0 Å². The molecule has 0 bridgehead atoms. The van der Waals surface area contributed by atoms with E-state index in [-0.39, 0.29) is 42.9 Å². The van der Waals surface area contributed by atoms with Crippen LogP contribution in [0.25, 0.3) is 16.3 Å². The highest BCUT2D eigenvalue weighted by molar-refractivity contribution is 7.94. The molecule has 0 unspecified atom stereocenters. The number of hydrogen-bond donors (Lipinski definition) is 2. The lowest BCUT2D eigenvalue weighted by Crippen LogP contribution is -2.30. The average Bonchev–Trinajstić information content (AvgIpc) is 3.59. The molecule has 0 aliphatic heterocycles. The van der Waals surface area contributed by atoms with Gasteiger partial charge in [-0.3, -0.25) is 14.5 Å². The van der Waals surface area contributed by atoms with Gasteiger partial charge in [0.15, 0.2) is 5.75 Å². The van der Waals surface area contributed by atoms with Crippen molar-refractivity contribution in [2.24, 2.45) is 0 Å². The largest absolute Gasteiger partial charge is 0.495 e. The van der Waals surface area contributed by atoms with E-state index >= 15 is 0 Å². The Morgan fingerprint density at radius 2 is 1.85 bits per heavy atom. The van der Waals surface area contributed by atoms with Crippen LogP contribution >= 0.6 is 34.5 Å². The van der Waals surface area contributed by atoms with E-state index in [9.17, 15) is 18.0 Å². The van der Waals surface area contributed by atoms with Gasteiger partial charge >= 0.3 is 5.69 Å². The molecule has 2 aromatic carbocycles. The second kappa shape index (κ2) is 10.6. The van der Waals surface area contributed by atoms with Gasteiger partial charge in [0.25, 0.3) is 15.6 Å². The third-order valence-electron chi connectivity index (χ3n) is 5.11. The molecule has 3 heterocycles. The van der Waals surface area contributed by atoms with Gasteiger partial charge in [0.2, 0.25) is 0 Å². The summed E-state index contributed by atoms with van der Waals surface area (Å²) in [4.78, 5) is 26.1. The van der Waals surface area contributed by atoms with Gasteiger partial charge in [-0.25, -0.2) is 13.2 Å². The van der Waals surface area contributed by atoms with Crippen LogP contribution in [-0.2, 0) is 10.0 Å². The third kappa shape index (κ3) is 5.54. The number of aromatic nitrogens is 4. The number of aromatic amines is 1. The van der Waals surface area contributed by atoms with Gasteiger partial charge in [0.1, 0.15) is 33.9 Å². The molecule has 5 aromatic rings. The number of anilines is 1. The number of nitrogens with zero attached hydrogens (tertiary/aromatic N) is 3. The Morgan fingerprint density at radius 1 is 1.08 bits per heavy atom. The number of rotatable bonds is 8. The summed E-state index contributed by atoms with van der Waals surface area (Å²) >= 11 is 13.8. The quantitative estimate of drug-likeness (QED) is 0.258. The van der Waals surface area contributed by atoms with Crippen LogP contribution in [0, 0.1) is 0 Å². The highest BCUT2D eigenvalue weighted by Crippen LogP contribution is 2.40. The molecule has 0 fully saturated rings. The number of methoxy groups -OCH3 is 1. The lowest BCUT2D eigenvalue weighted by molar-refractivity contribution is 0.415. The Morgan fingerprint density at radius 3 is 2.51 bits per heavy atom. The highest BCUT2D eigenvalue weighted by Gasteiger charge is 2.21. The van der Waals surface area contributed by atoms with E-state index < -0.39 is 21.3 Å². The topological polar surface area (TPSA) is 158 Å². The van der Waals surface area contributed by atoms with Crippen LogP contribution in [0.15, 0.2) is 79.3 Å². The minimum absolute atomic E-state index is 0.0225. The fourth-order valence-corrected chi connectivity index (χ4v) is 6.27. The van der Waals surface area contributed by atoms with Crippen molar-refractivity contribution in [2.75, 3.05) is 11.8 Å². The van der Waals surface area contributed by atoms with E-state index in [1.807, 2.05) is 0 Å². The lowest BCUT2D eigenvalue weighted by Gasteiger charge is -2.15. The second-order valence-electron chi connectivity index (χ2n) is 7.66. The summed E-state index contributed by atoms with van der Waals surface area (Å²) in [6, 6.07) is 11.9. The Balaban J connectivity index is 1.43. The van der Waals surface area contributed by atoms with E-state index in [2.05, 4.69) is 20.0 Å². The first kappa shape index (κ1) is 26.5. The first-order valence-corrected chi connectivity index (χ1v) is 13.8. The zero-order valence-electron chi connectivity index (χ0n) is 19.5. The maximum Gasteiger partial charge on any atom is 0.349 e. The summed E-state index contributed by atoms with van der Waals surface area (Å²) in [6.07, 6.45) is 2.32. The van der Waals surface area contributed by atoms with Gasteiger partial charge in [-0.15, -0.1) is 11.3 Å².